The summed E-state index contributed by atoms with van der Waals surface area (Å²) in [6.07, 6.45) is 3.28. The van der Waals surface area contributed by atoms with E-state index in [1.807, 2.05) is 6.07 Å². The van der Waals surface area contributed by atoms with Crippen molar-refractivity contribution in [1.29, 1.82) is 0 Å². The number of hydrogen-bond donors (Lipinski definition) is 0. The van der Waals surface area contributed by atoms with Crippen LogP contribution in [0.1, 0.15) is 68.2 Å². The lowest BCUT2D eigenvalue weighted by atomic mass is 9.88. The first-order valence-corrected chi connectivity index (χ1v) is 23.7. The molecular formula is C33H57BrO5SSi2. The molecule has 0 amide bonds. The van der Waals surface area contributed by atoms with Crippen molar-refractivity contribution in [3.63, 3.8) is 0 Å². The van der Waals surface area contributed by atoms with Crippen LogP contribution < -0.4 is 0 Å². The van der Waals surface area contributed by atoms with Crippen LogP contribution in [0.4, 0.5) is 0 Å². The highest BCUT2D eigenvalue weighted by Crippen LogP contribution is 2.49. The van der Waals surface area contributed by atoms with E-state index in [2.05, 4.69) is 110 Å². The zero-order valence-corrected chi connectivity index (χ0v) is 32.7. The Morgan fingerprint density at radius 1 is 1.07 bits per heavy atom. The van der Waals surface area contributed by atoms with Gasteiger partial charge in [0.2, 0.25) is 0 Å². The van der Waals surface area contributed by atoms with Crippen LogP contribution in [0.25, 0.3) is 0 Å². The second kappa shape index (κ2) is 13.8. The van der Waals surface area contributed by atoms with E-state index < -0.39 is 44.1 Å². The molecule has 0 aliphatic carbocycles. The number of allylic oxidation sites excluding steroid dienone is 2. The number of rotatable bonds is 15. The molecule has 1 aliphatic rings. The van der Waals surface area contributed by atoms with E-state index >= 15 is 0 Å². The Balaban J connectivity index is 2.55. The van der Waals surface area contributed by atoms with Crippen molar-refractivity contribution in [3.05, 3.63) is 54.1 Å². The molecule has 1 aliphatic heterocycles. The highest BCUT2D eigenvalue weighted by atomic mass is 79.9. The SMILES string of the molecule is C=C(CO[Si](C)(C)C(C)(C)C)[C@H](CS(=O)(=O)c1ccccc1)[C@H](O[Si](C)(C)C(C)(C)C)[C@@H]1O[C@@]1(C)CC/C=C(\C)CBr. The van der Waals surface area contributed by atoms with Gasteiger partial charge < -0.3 is 13.6 Å². The monoisotopic (exact) mass is 700 g/mol. The van der Waals surface area contributed by atoms with E-state index in [-0.39, 0.29) is 21.9 Å². The average Bonchev–Trinajstić information content (AvgIpc) is 3.54. The second-order valence-electron chi connectivity index (χ2n) is 15.3. The highest BCUT2D eigenvalue weighted by Gasteiger charge is 2.60. The van der Waals surface area contributed by atoms with Gasteiger partial charge in [-0.15, -0.1) is 0 Å². The van der Waals surface area contributed by atoms with Gasteiger partial charge in [0.05, 0.1) is 29.0 Å². The minimum absolute atomic E-state index is 0.0227. The maximum atomic E-state index is 13.9. The van der Waals surface area contributed by atoms with E-state index in [1.165, 1.54) is 5.57 Å². The highest BCUT2D eigenvalue weighted by molar-refractivity contribution is 9.09. The normalized spacial score (nSPS) is 22.1. The van der Waals surface area contributed by atoms with Gasteiger partial charge in [-0.3, -0.25) is 0 Å². The van der Waals surface area contributed by atoms with Crippen molar-refractivity contribution in [2.24, 2.45) is 5.92 Å². The molecule has 1 aromatic rings. The standard InChI is InChI=1S/C33H57BrO5SSi2/c1-25(22-34)18-17-21-33(9)30(38-33)29(39-42(12,13)32(6,7)8)28(24-40(35,36)27-19-15-14-16-20-27)26(2)23-37-41(10,11)31(3,4)5/h14-16,18-20,28-30H,2,17,21-24H2,1,3-13H3/b25-18+/t28-,29-,30-,33-/m0/s1. The van der Waals surface area contributed by atoms with E-state index in [4.69, 9.17) is 13.6 Å². The van der Waals surface area contributed by atoms with E-state index in [1.54, 1.807) is 24.3 Å². The summed E-state index contributed by atoms with van der Waals surface area (Å²) in [5, 5.41) is 0.807. The summed E-state index contributed by atoms with van der Waals surface area (Å²) in [7, 11) is -8.07. The molecule has 1 fully saturated rings. The lowest BCUT2D eigenvalue weighted by molar-refractivity contribution is 0.104. The van der Waals surface area contributed by atoms with Crippen molar-refractivity contribution in [2.45, 2.75) is 127 Å². The van der Waals surface area contributed by atoms with Crippen molar-refractivity contribution >= 4 is 42.4 Å². The summed E-state index contributed by atoms with van der Waals surface area (Å²) in [6, 6.07) is 8.71. The molecule has 240 valence electrons. The first-order chi connectivity index (χ1) is 19.0. The van der Waals surface area contributed by atoms with Crippen LogP contribution in [0.15, 0.2) is 59.0 Å². The van der Waals surface area contributed by atoms with Gasteiger partial charge in [0, 0.05) is 11.2 Å². The molecule has 42 heavy (non-hydrogen) atoms. The Morgan fingerprint density at radius 2 is 1.62 bits per heavy atom. The summed E-state index contributed by atoms with van der Waals surface area (Å²) < 4.78 is 48.0. The fourth-order valence-electron chi connectivity index (χ4n) is 4.41. The molecule has 5 nitrogen and oxygen atoms in total. The largest absolute Gasteiger partial charge is 0.413 e. The Hall–Kier alpha value is -0.556. The van der Waals surface area contributed by atoms with Gasteiger partial charge in [-0.25, -0.2) is 8.42 Å². The van der Waals surface area contributed by atoms with Crippen molar-refractivity contribution in [1.82, 2.24) is 0 Å². The molecule has 1 heterocycles. The van der Waals surface area contributed by atoms with E-state index in [0.29, 0.717) is 11.5 Å². The Kier molecular flexibility index (Phi) is 12.4. The lowest BCUT2D eigenvalue weighted by Crippen LogP contribution is -2.50. The summed E-state index contributed by atoms with van der Waals surface area (Å²) in [4.78, 5) is 0.314. The third-order valence-corrected chi connectivity index (χ3v) is 21.3. The molecule has 0 spiro atoms. The van der Waals surface area contributed by atoms with Crippen LogP contribution in [0.5, 0.6) is 0 Å². The van der Waals surface area contributed by atoms with Crippen LogP contribution in [0.3, 0.4) is 0 Å². The second-order valence-corrected chi connectivity index (χ2v) is 27.5. The average molecular weight is 702 g/mol. The van der Waals surface area contributed by atoms with Crippen LogP contribution in [0.2, 0.25) is 36.3 Å². The minimum Gasteiger partial charge on any atom is -0.413 e. The quantitative estimate of drug-likeness (QED) is 0.0790. The van der Waals surface area contributed by atoms with Crippen LogP contribution in [-0.4, -0.2) is 60.6 Å². The maximum absolute atomic E-state index is 13.9. The predicted molar refractivity (Wildman–Crippen MR) is 186 cm³/mol. The zero-order valence-electron chi connectivity index (χ0n) is 28.3. The van der Waals surface area contributed by atoms with Gasteiger partial charge >= 0.3 is 0 Å². The molecule has 4 atom stereocenters. The first-order valence-electron chi connectivity index (χ1n) is 15.1. The number of ether oxygens (including phenoxy) is 1. The van der Waals surface area contributed by atoms with Gasteiger partial charge in [0.15, 0.2) is 26.5 Å². The molecule has 0 bridgehead atoms. The molecule has 2 rings (SSSR count). The number of alkyl halides is 1. The predicted octanol–water partition coefficient (Wildman–Crippen LogP) is 9.32. The third kappa shape index (κ3) is 9.72. The summed E-state index contributed by atoms with van der Waals surface area (Å²) in [5.41, 5.74) is 1.65. The van der Waals surface area contributed by atoms with E-state index in [0.717, 1.165) is 23.7 Å². The molecule has 1 saturated heterocycles. The summed E-state index contributed by atoms with van der Waals surface area (Å²) >= 11 is 3.53. The van der Waals surface area contributed by atoms with Crippen molar-refractivity contribution in [2.75, 3.05) is 17.7 Å². The Morgan fingerprint density at radius 3 is 2.12 bits per heavy atom. The van der Waals surface area contributed by atoms with Crippen LogP contribution in [-0.2, 0) is 23.4 Å². The zero-order chi connectivity index (χ0) is 32.4. The molecule has 0 radical (unpaired) electrons. The van der Waals surface area contributed by atoms with E-state index in [9.17, 15) is 8.42 Å². The fourth-order valence-corrected chi connectivity index (χ4v) is 8.60. The summed E-state index contributed by atoms with van der Waals surface area (Å²) in [5.74, 6) is -0.588. The number of sulfone groups is 1. The van der Waals surface area contributed by atoms with Gasteiger partial charge in [-0.2, -0.15) is 0 Å². The molecule has 0 unspecified atom stereocenters. The van der Waals surface area contributed by atoms with Gasteiger partial charge in [-0.1, -0.05) is 93.9 Å². The Bertz CT molecular complexity index is 1200. The molecule has 9 heteroatoms. The van der Waals surface area contributed by atoms with Gasteiger partial charge in [0.25, 0.3) is 0 Å². The first kappa shape index (κ1) is 37.6. The summed E-state index contributed by atoms with van der Waals surface area (Å²) in [6.45, 7) is 31.2. The molecule has 1 aromatic carbocycles. The van der Waals surface area contributed by atoms with Crippen molar-refractivity contribution < 1.29 is 22.0 Å². The number of halogens is 1. The molecule has 0 N–H and O–H groups in total. The Labute approximate surface area is 268 Å². The molecule has 0 saturated carbocycles. The lowest BCUT2D eigenvalue weighted by Gasteiger charge is -2.42. The third-order valence-electron chi connectivity index (χ3n) is 9.67. The number of hydrogen-bond acceptors (Lipinski definition) is 5. The number of epoxide rings is 1. The van der Waals surface area contributed by atoms with Gasteiger partial charge in [0.1, 0.15) is 6.10 Å². The van der Waals surface area contributed by atoms with Crippen LogP contribution >= 0.6 is 15.9 Å². The topological polar surface area (TPSA) is 65.1 Å². The smallest absolute Gasteiger partial charge is 0.192 e. The number of benzene rings is 1. The maximum Gasteiger partial charge on any atom is 0.192 e. The minimum atomic E-state index is -3.64. The molecular weight excluding hydrogens is 645 g/mol. The van der Waals surface area contributed by atoms with Gasteiger partial charge in [-0.05, 0) is 80.7 Å². The van der Waals surface area contributed by atoms with Crippen LogP contribution in [0, 0.1) is 5.92 Å². The molecule has 0 aromatic heterocycles. The van der Waals surface area contributed by atoms with Crippen molar-refractivity contribution in [3.8, 4) is 0 Å². The fraction of sp³-hybridized carbons (Fsp3) is 0.697.